The van der Waals surface area contributed by atoms with Gasteiger partial charge in [0.15, 0.2) is 0 Å². The van der Waals surface area contributed by atoms with Crippen LogP contribution in [-0.2, 0) is 16.4 Å². The Morgan fingerprint density at radius 2 is 2.67 bits per heavy atom. The van der Waals surface area contributed by atoms with Crippen LogP contribution in [0.15, 0.2) is 0 Å². The molecule has 0 aliphatic carbocycles. The van der Waals surface area contributed by atoms with E-state index in [-0.39, 0.29) is 0 Å². The molecule has 0 saturated heterocycles. The van der Waals surface area contributed by atoms with Gasteiger partial charge in [-0.25, -0.2) is 0 Å². The number of rotatable bonds is 1. The van der Waals surface area contributed by atoms with Crippen molar-refractivity contribution in [2.24, 2.45) is 0 Å². The second kappa shape index (κ2) is 4.81. The van der Waals surface area contributed by atoms with Gasteiger partial charge in [-0.15, -0.1) is 0 Å². The quantitative estimate of drug-likeness (QED) is 0.385. The summed E-state index contributed by atoms with van der Waals surface area (Å²) in [6.45, 7) is 1.64. The maximum atomic E-state index is 4.33. The van der Waals surface area contributed by atoms with Gasteiger partial charge in [-0.05, 0) is 11.8 Å². The van der Waals surface area contributed by atoms with Crippen LogP contribution in [0.4, 0.5) is 0 Å². The van der Waals surface area contributed by atoms with Crippen LogP contribution in [0.2, 0.25) is 0 Å². The van der Waals surface area contributed by atoms with Crippen molar-refractivity contribution in [1.82, 2.24) is 0 Å². The molecule has 6 heavy (non-hydrogen) atoms. The Balaban J connectivity index is 3.00. The minimum atomic E-state index is 0.400. The van der Waals surface area contributed by atoms with Crippen LogP contribution in [0.5, 0.6) is 0 Å². The highest BCUT2D eigenvalue weighted by Crippen LogP contribution is 1.92. The molecule has 4 heteroatoms. The lowest BCUT2D eigenvalue weighted by Crippen LogP contribution is -1.40. The van der Waals surface area contributed by atoms with Gasteiger partial charge in [-0.2, -0.15) is 0 Å². The molecule has 0 bridgehead atoms. The summed E-state index contributed by atoms with van der Waals surface area (Å²) < 4.78 is 4.28. The summed E-state index contributed by atoms with van der Waals surface area (Å²) in [6, 6.07) is 2.40. The molecule has 0 aromatic carbocycles. The first-order chi connectivity index (χ1) is 2.91. The lowest BCUT2D eigenvalue weighted by atomic mass is 11.0. The molecule has 0 heterocycles. The molecule has 0 atom stereocenters. The summed E-state index contributed by atoms with van der Waals surface area (Å²) in [6.07, 6.45) is 0. The van der Waals surface area contributed by atoms with Crippen molar-refractivity contribution in [2.45, 2.75) is 6.92 Å². The van der Waals surface area contributed by atoms with E-state index in [1.54, 1.807) is 6.92 Å². The fraction of sp³-hybridized carbons (Fsp3) is 0.500. The minimum absolute atomic E-state index is 0.400. The van der Waals surface area contributed by atoms with Crippen LogP contribution in [-0.4, -0.2) is 0 Å². The van der Waals surface area contributed by atoms with Crippen LogP contribution in [0.3, 0.4) is 0 Å². The van der Waals surface area contributed by atoms with Crippen molar-refractivity contribution in [3.8, 4) is 6.07 Å². The third-order valence-electron chi connectivity index (χ3n) is 0.165. The normalized spacial score (nSPS) is 6.17. The Labute approximate surface area is 42.8 Å². The lowest BCUT2D eigenvalue weighted by molar-refractivity contribution is 0.554. The Kier molecular flexibility index (Phi) is 4.66. The highest BCUT2D eigenvalue weighted by molar-refractivity contribution is 7.94. The van der Waals surface area contributed by atoms with Crippen molar-refractivity contribution in [2.75, 3.05) is 0 Å². The fourth-order valence-electron chi connectivity index (χ4n) is 0.0575. The van der Waals surface area contributed by atoms with Gasteiger partial charge in [0.25, 0.3) is 0 Å². The molecule has 0 amide bonds. The van der Waals surface area contributed by atoms with Crippen LogP contribution in [0, 0.1) is 6.07 Å². The molecule has 32 valence electrons. The average Bonchev–Trinajstić information content (AvgIpc) is 1.61. The smallest absolute Gasteiger partial charge is 0.0940 e. The Hall–Kier alpha value is -0.190. The van der Waals surface area contributed by atoms with E-state index < -0.39 is 0 Å². The summed E-state index contributed by atoms with van der Waals surface area (Å²) in [7, 11) is 0.400. The van der Waals surface area contributed by atoms with Crippen molar-refractivity contribution in [1.29, 1.82) is 0 Å². The average molecular weight is 120 g/mol. The molecule has 0 spiro atoms. The molecule has 0 aromatic heterocycles. The molecule has 0 aliphatic heterocycles. The molecule has 0 N–H and O–H groups in total. The van der Waals surface area contributed by atoms with Gasteiger partial charge in [0.05, 0.1) is 6.92 Å². The van der Waals surface area contributed by atoms with Crippen molar-refractivity contribution >= 4 is 19.4 Å². The molecular weight excluding hydrogens is 117 g/mol. The molecule has 0 aliphatic rings. The maximum Gasteiger partial charge on any atom is 0.347 e. The summed E-state index contributed by atoms with van der Waals surface area (Å²) in [4.78, 5) is 0. The second-order valence-electron chi connectivity index (χ2n) is 0.471. The van der Waals surface area contributed by atoms with Crippen LogP contribution >= 0.6 is 7.58 Å². The fourth-order valence-corrected chi connectivity index (χ4v) is 0.272. The van der Waals surface area contributed by atoms with Gasteiger partial charge in [0, 0.05) is 0 Å². The first-order valence-electron chi connectivity index (χ1n) is 1.27. The number of nitrogens with zero attached hydrogens (tertiary/aromatic N) is 1. The molecule has 0 saturated carbocycles. The SMILES string of the molecule is CC#[N+]OP=S. The van der Waals surface area contributed by atoms with Gasteiger partial charge in [0.1, 0.15) is 0 Å². The standard InChI is InChI=1S/C2H3NOPS/c1-2-3-4-5-6/h1H3/q+1. The van der Waals surface area contributed by atoms with E-state index in [1.807, 2.05) is 0 Å². The zero-order chi connectivity index (χ0) is 4.83. The van der Waals surface area contributed by atoms with Gasteiger partial charge >= 0.3 is 13.7 Å². The third-order valence-corrected chi connectivity index (χ3v) is 0.514. The Morgan fingerprint density at radius 3 is 2.83 bits per heavy atom. The zero-order valence-corrected chi connectivity index (χ0v) is 4.92. The van der Waals surface area contributed by atoms with E-state index in [0.717, 1.165) is 0 Å². The molecular formula is C2H3NOPS+. The topological polar surface area (TPSA) is 13.6 Å². The number of hydrogen-bond donors (Lipinski definition) is 0. The first kappa shape index (κ1) is 5.81. The van der Waals surface area contributed by atoms with E-state index in [2.05, 4.69) is 27.5 Å². The molecule has 2 nitrogen and oxygen atoms in total. The second-order valence-corrected chi connectivity index (χ2v) is 1.23. The Bertz CT molecular complexity index is 93.5. The predicted molar refractivity (Wildman–Crippen MR) is 28.3 cm³/mol. The summed E-state index contributed by atoms with van der Waals surface area (Å²) in [5.74, 6) is 0. The van der Waals surface area contributed by atoms with Gasteiger partial charge in [-0.1, -0.05) is 4.62 Å². The Morgan fingerprint density at radius 1 is 2.00 bits per heavy atom. The van der Waals surface area contributed by atoms with Crippen molar-refractivity contribution in [3.05, 3.63) is 5.01 Å². The third kappa shape index (κ3) is 3.81. The van der Waals surface area contributed by atoms with Crippen molar-refractivity contribution in [3.63, 3.8) is 0 Å². The van der Waals surface area contributed by atoms with Crippen LogP contribution in [0.1, 0.15) is 6.92 Å². The van der Waals surface area contributed by atoms with E-state index >= 15 is 0 Å². The molecule has 0 fully saturated rings. The van der Waals surface area contributed by atoms with E-state index in [0.29, 0.717) is 7.58 Å². The highest BCUT2D eigenvalue weighted by atomic mass is 32.4. The summed E-state index contributed by atoms with van der Waals surface area (Å²) in [5.41, 5.74) is 0. The lowest BCUT2D eigenvalue weighted by Gasteiger charge is -1.48. The zero-order valence-electron chi connectivity index (χ0n) is 3.21. The highest BCUT2D eigenvalue weighted by Gasteiger charge is 1.73. The minimum Gasteiger partial charge on any atom is -0.0940 e. The predicted octanol–water partition coefficient (Wildman–Crippen LogP) is 1.59. The van der Waals surface area contributed by atoms with E-state index in [1.165, 1.54) is 0 Å². The van der Waals surface area contributed by atoms with Crippen LogP contribution < -0.4 is 0 Å². The summed E-state index contributed by atoms with van der Waals surface area (Å²) >= 11 is 4.33. The molecule has 0 aromatic rings. The molecule has 0 unspecified atom stereocenters. The van der Waals surface area contributed by atoms with E-state index in [9.17, 15) is 0 Å². The maximum absolute atomic E-state index is 4.33. The molecule has 0 rings (SSSR count). The van der Waals surface area contributed by atoms with Crippen molar-refractivity contribution < 1.29 is 4.62 Å². The van der Waals surface area contributed by atoms with Gasteiger partial charge in [-0.3, -0.25) is 0 Å². The largest absolute Gasteiger partial charge is 0.347 e. The number of hydrogen-bond acceptors (Lipinski definition) is 2. The van der Waals surface area contributed by atoms with Gasteiger partial charge < -0.3 is 0 Å². The summed E-state index contributed by atoms with van der Waals surface area (Å²) in [5, 5.41) is 3.22. The molecule has 0 radical (unpaired) electrons. The van der Waals surface area contributed by atoms with Gasteiger partial charge in [0.2, 0.25) is 5.01 Å². The first-order valence-corrected chi connectivity index (χ1v) is 3.10. The monoisotopic (exact) mass is 120 g/mol. The van der Waals surface area contributed by atoms with E-state index in [4.69, 9.17) is 0 Å². The van der Waals surface area contributed by atoms with Crippen LogP contribution in [0.25, 0.3) is 5.01 Å².